The number of methoxy groups -OCH3 is 1. The molecule has 0 radical (unpaired) electrons. The van der Waals surface area contributed by atoms with Gasteiger partial charge in [0.25, 0.3) is 6.47 Å². The normalized spacial score (nSPS) is 8.50. The molecule has 0 amide bonds. The van der Waals surface area contributed by atoms with Gasteiger partial charge in [0.2, 0.25) is 0 Å². The third-order valence-corrected chi connectivity index (χ3v) is 2.00. The Morgan fingerprint density at radius 3 is 2.57 bits per heavy atom. The number of aryl methyl sites for hydroxylation is 1. The van der Waals surface area contributed by atoms with Gasteiger partial charge in [-0.15, -0.1) is 0 Å². The maximum absolute atomic E-state index is 8.95. The summed E-state index contributed by atoms with van der Waals surface area (Å²) in [4.78, 5) is 10.2. The minimum Gasteiger partial charge on any atom is -0.471 e. The summed E-state index contributed by atoms with van der Waals surface area (Å²) >= 11 is 1.64. The lowest BCUT2D eigenvalue weighted by Crippen LogP contribution is -1.89. The van der Waals surface area contributed by atoms with E-state index in [2.05, 4.69) is 40.6 Å². The summed E-state index contributed by atoms with van der Waals surface area (Å²) in [6.07, 6.45) is 0. The van der Waals surface area contributed by atoms with E-state index in [0.717, 1.165) is 0 Å². The summed E-state index contributed by atoms with van der Waals surface area (Å²) in [5, 5.41) is 0. The van der Waals surface area contributed by atoms with Gasteiger partial charge in [-0.25, -0.2) is 0 Å². The highest BCUT2D eigenvalue weighted by Gasteiger charge is 1.89. The fraction of sp³-hybridized carbons (Fsp3) is 0.300. The molecule has 0 aliphatic heterocycles. The van der Waals surface area contributed by atoms with E-state index in [0.29, 0.717) is 6.47 Å². The van der Waals surface area contributed by atoms with E-state index in [4.69, 9.17) is 4.79 Å². The Bertz CT molecular complexity index is 266. The van der Waals surface area contributed by atoms with Crippen LogP contribution in [0.25, 0.3) is 0 Å². The average Bonchev–Trinajstić information content (AvgIpc) is 2.19. The second-order valence-electron chi connectivity index (χ2n) is 2.45. The molecule has 0 aliphatic carbocycles. The van der Waals surface area contributed by atoms with Crippen molar-refractivity contribution >= 4 is 18.4 Å². The van der Waals surface area contributed by atoms with Crippen molar-refractivity contribution in [1.29, 1.82) is 0 Å². The molecule has 0 fully saturated rings. The summed E-state index contributed by atoms with van der Waals surface area (Å²) in [6.45, 7) is 2.47. The van der Waals surface area contributed by atoms with Crippen molar-refractivity contribution in [2.45, 2.75) is 11.8 Å². The van der Waals surface area contributed by atoms with Gasteiger partial charge in [-0.3, -0.25) is 9.52 Å². The number of hydrogen-bond donors (Lipinski definition) is 1. The molecule has 1 aromatic rings. The maximum Gasteiger partial charge on any atom is 0.292 e. The van der Waals surface area contributed by atoms with Crippen molar-refractivity contribution in [1.82, 2.24) is 4.72 Å². The number of nitrogens with one attached hydrogen (secondary N) is 1. The van der Waals surface area contributed by atoms with Crippen molar-refractivity contribution in [3.63, 3.8) is 0 Å². The summed E-state index contributed by atoms with van der Waals surface area (Å²) < 4.78 is 6.89. The SMILES string of the molecule is CNSc1cccc(C)c1.COC=O. The minimum absolute atomic E-state index is 0.375. The molecule has 0 saturated heterocycles. The van der Waals surface area contributed by atoms with Crippen LogP contribution in [0.5, 0.6) is 0 Å². The first-order valence-corrected chi connectivity index (χ1v) is 4.93. The zero-order valence-corrected chi connectivity index (χ0v) is 9.43. The second-order valence-corrected chi connectivity index (χ2v) is 3.54. The third kappa shape index (κ3) is 6.51. The fourth-order valence-corrected chi connectivity index (χ4v) is 1.42. The molecule has 0 bridgehead atoms. The number of ether oxygens (including phenoxy) is 1. The predicted octanol–water partition coefficient (Wildman–Crippen LogP) is 2.01. The van der Waals surface area contributed by atoms with Crippen LogP contribution in [0.3, 0.4) is 0 Å². The molecule has 0 heterocycles. The van der Waals surface area contributed by atoms with Gasteiger partial charge < -0.3 is 4.74 Å². The Morgan fingerprint density at radius 2 is 2.14 bits per heavy atom. The Morgan fingerprint density at radius 1 is 1.50 bits per heavy atom. The van der Waals surface area contributed by atoms with Crippen LogP contribution < -0.4 is 4.72 Å². The van der Waals surface area contributed by atoms with E-state index in [1.807, 2.05) is 7.05 Å². The van der Waals surface area contributed by atoms with Gasteiger partial charge >= 0.3 is 0 Å². The first-order valence-electron chi connectivity index (χ1n) is 4.11. The number of hydrogen-bond acceptors (Lipinski definition) is 4. The molecular weight excluding hydrogens is 198 g/mol. The lowest BCUT2D eigenvalue weighted by molar-refractivity contribution is -0.126. The van der Waals surface area contributed by atoms with E-state index in [9.17, 15) is 0 Å². The van der Waals surface area contributed by atoms with Crippen LogP contribution in [0.1, 0.15) is 5.56 Å². The molecule has 1 rings (SSSR count). The highest BCUT2D eigenvalue weighted by atomic mass is 32.2. The highest BCUT2D eigenvalue weighted by Crippen LogP contribution is 2.14. The van der Waals surface area contributed by atoms with E-state index in [1.54, 1.807) is 11.9 Å². The molecule has 0 atom stereocenters. The molecule has 78 valence electrons. The minimum atomic E-state index is 0.375. The Balaban J connectivity index is 0.000000364. The van der Waals surface area contributed by atoms with Gasteiger partial charge in [0, 0.05) is 4.90 Å². The fourth-order valence-electron chi connectivity index (χ4n) is 0.797. The van der Waals surface area contributed by atoms with Crippen molar-refractivity contribution in [3.8, 4) is 0 Å². The summed E-state index contributed by atoms with van der Waals surface area (Å²) in [6, 6.07) is 8.41. The number of rotatable bonds is 3. The molecule has 0 spiro atoms. The van der Waals surface area contributed by atoms with E-state index in [1.165, 1.54) is 17.6 Å². The van der Waals surface area contributed by atoms with Crippen LogP contribution in [0.2, 0.25) is 0 Å². The van der Waals surface area contributed by atoms with E-state index in [-0.39, 0.29) is 0 Å². The lowest BCUT2D eigenvalue weighted by Gasteiger charge is -1.98. The van der Waals surface area contributed by atoms with Crippen molar-refractivity contribution < 1.29 is 9.53 Å². The molecule has 0 aromatic heterocycles. The van der Waals surface area contributed by atoms with Crippen LogP contribution in [-0.4, -0.2) is 20.6 Å². The van der Waals surface area contributed by atoms with Crippen LogP contribution >= 0.6 is 11.9 Å². The van der Waals surface area contributed by atoms with Crippen LogP contribution in [0, 0.1) is 6.92 Å². The molecule has 1 aromatic carbocycles. The topological polar surface area (TPSA) is 38.3 Å². The standard InChI is InChI=1S/C8H11NS.C2H4O2/c1-7-4-3-5-8(6-7)10-9-2;1-4-2-3/h3-6,9H,1-2H3;2H,1H3. The van der Waals surface area contributed by atoms with Gasteiger partial charge in [-0.1, -0.05) is 12.1 Å². The lowest BCUT2D eigenvalue weighted by atomic mass is 10.2. The van der Waals surface area contributed by atoms with Gasteiger partial charge in [-0.05, 0) is 43.6 Å². The Kier molecular flexibility index (Phi) is 7.98. The smallest absolute Gasteiger partial charge is 0.292 e. The Labute approximate surface area is 89.0 Å². The first kappa shape index (κ1) is 13.0. The molecule has 0 aliphatic rings. The van der Waals surface area contributed by atoms with Crippen LogP contribution in [0.15, 0.2) is 29.2 Å². The van der Waals surface area contributed by atoms with Crippen molar-refractivity contribution in [3.05, 3.63) is 29.8 Å². The van der Waals surface area contributed by atoms with Crippen molar-refractivity contribution in [2.75, 3.05) is 14.2 Å². The number of carbonyl (C=O) groups excluding carboxylic acids is 1. The van der Waals surface area contributed by atoms with E-state index < -0.39 is 0 Å². The van der Waals surface area contributed by atoms with Crippen LogP contribution in [0.4, 0.5) is 0 Å². The summed E-state index contributed by atoms with van der Waals surface area (Å²) in [5.41, 5.74) is 1.31. The average molecular weight is 213 g/mol. The quantitative estimate of drug-likeness (QED) is 0.615. The molecule has 3 nitrogen and oxygen atoms in total. The highest BCUT2D eigenvalue weighted by molar-refractivity contribution is 7.97. The number of carbonyl (C=O) groups is 1. The summed E-state index contributed by atoms with van der Waals surface area (Å²) in [5.74, 6) is 0. The predicted molar refractivity (Wildman–Crippen MR) is 59.2 cm³/mol. The molecular formula is C10H15NO2S. The van der Waals surface area contributed by atoms with Crippen LogP contribution in [-0.2, 0) is 9.53 Å². The maximum atomic E-state index is 8.95. The van der Waals surface area contributed by atoms with Crippen molar-refractivity contribution in [2.24, 2.45) is 0 Å². The number of benzene rings is 1. The summed E-state index contributed by atoms with van der Waals surface area (Å²) in [7, 11) is 3.24. The monoisotopic (exact) mass is 213 g/mol. The first-order chi connectivity index (χ1) is 6.74. The zero-order valence-electron chi connectivity index (χ0n) is 8.61. The second kappa shape index (κ2) is 8.59. The zero-order chi connectivity index (χ0) is 10.8. The molecule has 0 unspecified atom stereocenters. The molecule has 0 saturated carbocycles. The molecule has 14 heavy (non-hydrogen) atoms. The Hall–Kier alpha value is -1.00. The largest absolute Gasteiger partial charge is 0.471 e. The van der Waals surface area contributed by atoms with Gasteiger partial charge in [0.15, 0.2) is 0 Å². The van der Waals surface area contributed by atoms with Gasteiger partial charge in [0.05, 0.1) is 7.11 Å². The molecule has 4 heteroatoms. The van der Waals surface area contributed by atoms with Gasteiger partial charge in [0.1, 0.15) is 0 Å². The molecule has 1 N–H and O–H groups in total. The third-order valence-electron chi connectivity index (χ3n) is 1.31. The van der Waals surface area contributed by atoms with Gasteiger partial charge in [-0.2, -0.15) is 0 Å². The van der Waals surface area contributed by atoms with E-state index >= 15 is 0 Å².